The van der Waals surface area contributed by atoms with E-state index in [1.54, 1.807) is 23.9 Å². The average Bonchev–Trinajstić information content (AvgIpc) is 2.65. The monoisotopic (exact) mass is 211 g/mol. The van der Waals surface area contributed by atoms with Gasteiger partial charge in [0.25, 0.3) is 0 Å². The Morgan fingerprint density at radius 3 is 2.93 bits per heavy atom. The van der Waals surface area contributed by atoms with Crippen LogP contribution in [0.4, 0.5) is 0 Å². The maximum Gasteiger partial charge on any atom is 0.325 e. The van der Waals surface area contributed by atoms with E-state index >= 15 is 0 Å². The molecule has 15 heavy (non-hydrogen) atoms. The van der Waals surface area contributed by atoms with E-state index in [4.69, 9.17) is 4.74 Å². The fourth-order valence-corrected chi connectivity index (χ4v) is 1.35. The summed E-state index contributed by atoms with van der Waals surface area (Å²) in [6.07, 6.45) is 3.76. The summed E-state index contributed by atoms with van der Waals surface area (Å²) in [5, 5.41) is 9.55. The van der Waals surface area contributed by atoms with Crippen LogP contribution in [0.1, 0.15) is 31.9 Å². The van der Waals surface area contributed by atoms with E-state index in [1.807, 2.05) is 13.0 Å². The molecule has 0 radical (unpaired) electrons. The Morgan fingerprint density at radius 2 is 2.33 bits per heavy atom. The van der Waals surface area contributed by atoms with E-state index in [9.17, 15) is 9.90 Å². The molecule has 1 aromatic heterocycles. The Labute approximate surface area is 89.5 Å². The summed E-state index contributed by atoms with van der Waals surface area (Å²) in [7, 11) is 0. The highest BCUT2D eigenvalue weighted by Gasteiger charge is 2.08. The molecular weight excluding hydrogens is 194 g/mol. The Balaban J connectivity index is 2.56. The zero-order chi connectivity index (χ0) is 11.3. The topological polar surface area (TPSA) is 51.5 Å². The van der Waals surface area contributed by atoms with Gasteiger partial charge in [-0.15, -0.1) is 0 Å². The van der Waals surface area contributed by atoms with Gasteiger partial charge in [-0.3, -0.25) is 4.79 Å². The van der Waals surface area contributed by atoms with Crippen LogP contribution in [0.3, 0.4) is 0 Å². The molecule has 1 atom stereocenters. The molecule has 0 amide bonds. The smallest absolute Gasteiger partial charge is 0.325 e. The second kappa shape index (κ2) is 5.56. The lowest BCUT2D eigenvalue weighted by Crippen LogP contribution is -2.12. The van der Waals surface area contributed by atoms with Crippen LogP contribution in [0.25, 0.3) is 0 Å². The number of carbonyl (C=O) groups excluding carboxylic acids is 1. The third-order valence-corrected chi connectivity index (χ3v) is 2.16. The maximum absolute atomic E-state index is 11.2. The molecule has 0 saturated carbocycles. The molecule has 1 unspecified atom stereocenters. The molecule has 0 aromatic carbocycles. The van der Waals surface area contributed by atoms with Gasteiger partial charge in [0.05, 0.1) is 12.7 Å². The summed E-state index contributed by atoms with van der Waals surface area (Å²) >= 11 is 0. The first kappa shape index (κ1) is 11.8. The normalized spacial score (nSPS) is 12.5. The number of aliphatic hydroxyl groups excluding tert-OH is 1. The SMILES string of the molecule is CCOC(=O)Cn1ccc(C(O)CC)c1. The lowest BCUT2D eigenvalue weighted by Gasteiger charge is -2.04. The molecule has 0 saturated heterocycles. The van der Waals surface area contributed by atoms with Crippen molar-refractivity contribution in [2.24, 2.45) is 0 Å². The summed E-state index contributed by atoms with van der Waals surface area (Å²) in [6.45, 7) is 4.28. The van der Waals surface area contributed by atoms with E-state index in [2.05, 4.69) is 0 Å². The predicted molar refractivity (Wildman–Crippen MR) is 56.3 cm³/mol. The molecule has 1 aromatic rings. The van der Waals surface area contributed by atoms with Gasteiger partial charge in [-0.2, -0.15) is 0 Å². The third kappa shape index (κ3) is 3.40. The Hall–Kier alpha value is -1.29. The highest BCUT2D eigenvalue weighted by molar-refractivity contribution is 5.69. The van der Waals surface area contributed by atoms with Crippen LogP contribution in [-0.4, -0.2) is 22.2 Å². The zero-order valence-electron chi connectivity index (χ0n) is 9.14. The number of hydrogen-bond donors (Lipinski definition) is 1. The second-order valence-corrected chi connectivity index (χ2v) is 3.35. The van der Waals surface area contributed by atoms with E-state index < -0.39 is 6.10 Å². The highest BCUT2D eigenvalue weighted by Crippen LogP contribution is 2.15. The van der Waals surface area contributed by atoms with Crippen molar-refractivity contribution in [3.8, 4) is 0 Å². The number of nitrogens with zero attached hydrogens (tertiary/aromatic N) is 1. The van der Waals surface area contributed by atoms with Gasteiger partial charge in [0, 0.05) is 12.4 Å². The highest BCUT2D eigenvalue weighted by atomic mass is 16.5. The van der Waals surface area contributed by atoms with Crippen LogP contribution < -0.4 is 0 Å². The number of aromatic nitrogens is 1. The quantitative estimate of drug-likeness (QED) is 0.751. The Kier molecular flexibility index (Phi) is 4.37. The van der Waals surface area contributed by atoms with Crippen molar-refractivity contribution >= 4 is 5.97 Å². The van der Waals surface area contributed by atoms with Crippen LogP contribution in [-0.2, 0) is 16.1 Å². The molecule has 0 aliphatic heterocycles. The Bertz CT molecular complexity index is 319. The first-order valence-electron chi connectivity index (χ1n) is 5.16. The first-order chi connectivity index (χ1) is 7.17. The van der Waals surface area contributed by atoms with Gasteiger partial charge in [-0.1, -0.05) is 6.92 Å². The number of carbonyl (C=O) groups is 1. The molecule has 1 rings (SSSR count). The van der Waals surface area contributed by atoms with Crippen molar-refractivity contribution in [1.29, 1.82) is 0 Å². The minimum Gasteiger partial charge on any atom is -0.465 e. The molecule has 0 spiro atoms. The van der Waals surface area contributed by atoms with Gasteiger partial charge in [0.1, 0.15) is 6.54 Å². The van der Waals surface area contributed by atoms with Crippen LogP contribution in [0.2, 0.25) is 0 Å². The van der Waals surface area contributed by atoms with Crippen molar-refractivity contribution in [2.45, 2.75) is 32.9 Å². The molecule has 4 nitrogen and oxygen atoms in total. The van der Waals surface area contributed by atoms with Crippen LogP contribution in [0.5, 0.6) is 0 Å². The summed E-state index contributed by atoms with van der Waals surface area (Å²) < 4.78 is 6.53. The third-order valence-electron chi connectivity index (χ3n) is 2.16. The van der Waals surface area contributed by atoms with E-state index in [-0.39, 0.29) is 12.5 Å². The molecule has 0 fully saturated rings. The molecule has 1 heterocycles. The summed E-state index contributed by atoms with van der Waals surface area (Å²) in [5.74, 6) is -0.259. The molecule has 4 heteroatoms. The zero-order valence-corrected chi connectivity index (χ0v) is 9.14. The maximum atomic E-state index is 11.2. The largest absolute Gasteiger partial charge is 0.465 e. The van der Waals surface area contributed by atoms with Gasteiger partial charge in [-0.05, 0) is 25.0 Å². The second-order valence-electron chi connectivity index (χ2n) is 3.35. The number of aliphatic hydroxyl groups is 1. The van der Waals surface area contributed by atoms with E-state index in [0.717, 1.165) is 5.56 Å². The van der Waals surface area contributed by atoms with Crippen molar-refractivity contribution in [2.75, 3.05) is 6.61 Å². The molecule has 84 valence electrons. The average molecular weight is 211 g/mol. The van der Waals surface area contributed by atoms with Crippen LogP contribution >= 0.6 is 0 Å². The molecule has 0 aliphatic carbocycles. The summed E-state index contributed by atoms with van der Waals surface area (Å²) in [6, 6.07) is 1.81. The van der Waals surface area contributed by atoms with Crippen molar-refractivity contribution in [1.82, 2.24) is 4.57 Å². The summed E-state index contributed by atoms with van der Waals surface area (Å²) in [5.41, 5.74) is 0.835. The number of esters is 1. The van der Waals surface area contributed by atoms with Crippen LogP contribution in [0, 0.1) is 0 Å². The molecule has 1 N–H and O–H groups in total. The minimum absolute atomic E-state index is 0.199. The standard InChI is InChI=1S/C11H17NO3/c1-3-10(13)9-5-6-12(7-9)8-11(14)15-4-2/h5-7,10,13H,3-4,8H2,1-2H3. The predicted octanol–water partition coefficient (Wildman–Crippen LogP) is 1.49. The lowest BCUT2D eigenvalue weighted by atomic mass is 10.1. The number of ether oxygens (including phenoxy) is 1. The van der Waals surface area contributed by atoms with Crippen molar-refractivity contribution < 1.29 is 14.6 Å². The van der Waals surface area contributed by atoms with Crippen molar-refractivity contribution in [3.63, 3.8) is 0 Å². The van der Waals surface area contributed by atoms with Gasteiger partial charge < -0.3 is 14.4 Å². The van der Waals surface area contributed by atoms with E-state index in [1.165, 1.54) is 0 Å². The summed E-state index contributed by atoms with van der Waals surface area (Å²) in [4.78, 5) is 11.2. The van der Waals surface area contributed by atoms with Gasteiger partial charge in [0.2, 0.25) is 0 Å². The Morgan fingerprint density at radius 1 is 1.60 bits per heavy atom. The lowest BCUT2D eigenvalue weighted by molar-refractivity contribution is -0.143. The van der Waals surface area contributed by atoms with Crippen molar-refractivity contribution in [3.05, 3.63) is 24.0 Å². The molecular formula is C11H17NO3. The van der Waals surface area contributed by atoms with E-state index in [0.29, 0.717) is 13.0 Å². The molecule has 0 bridgehead atoms. The number of rotatable bonds is 5. The van der Waals surface area contributed by atoms with Gasteiger partial charge in [-0.25, -0.2) is 0 Å². The van der Waals surface area contributed by atoms with Crippen LogP contribution in [0.15, 0.2) is 18.5 Å². The first-order valence-corrected chi connectivity index (χ1v) is 5.16. The van der Waals surface area contributed by atoms with Gasteiger partial charge in [0.15, 0.2) is 0 Å². The fourth-order valence-electron chi connectivity index (χ4n) is 1.35. The number of hydrogen-bond acceptors (Lipinski definition) is 3. The fraction of sp³-hybridized carbons (Fsp3) is 0.545. The molecule has 0 aliphatic rings. The van der Waals surface area contributed by atoms with Gasteiger partial charge >= 0.3 is 5.97 Å². The minimum atomic E-state index is -0.451.